The van der Waals surface area contributed by atoms with Crippen molar-refractivity contribution in [1.29, 1.82) is 0 Å². The predicted molar refractivity (Wildman–Crippen MR) is 216 cm³/mol. The van der Waals surface area contributed by atoms with Gasteiger partial charge in [0.15, 0.2) is 0 Å². The summed E-state index contributed by atoms with van der Waals surface area (Å²) in [5, 5.41) is 6.27. The van der Waals surface area contributed by atoms with Crippen LogP contribution in [0.3, 0.4) is 0 Å². The van der Waals surface area contributed by atoms with Crippen LogP contribution >= 0.6 is 0 Å². The molecule has 0 saturated carbocycles. The Kier molecular flexibility index (Phi) is 14.2. The lowest BCUT2D eigenvalue weighted by Crippen LogP contribution is -2.41. The first-order valence-corrected chi connectivity index (χ1v) is 19.8. The summed E-state index contributed by atoms with van der Waals surface area (Å²) in [5.41, 5.74) is 1.86. The highest BCUT2D eigenvalue weighted by molar-refractivity contribution is 6.41. The van der Waals surface area contributed by atoms with E-state index in [4.69, 9.17) is 37.9 Å². The molecule has 0 atom stereocenters. The molecule has 0 unspecified atom stereocenters. The average Bonchev–Trinajstić information content (AvgIpc) is 3.24. The van der Waals surface area contributed by atoms with Crippen LogP contribution in [0.2, 0.25) is 0 Å². The van der Waals surface area contributed by atoms with E-state index in [1.165, 1.54) is 9.80 Å². The zero-order valence-electron chi connectivity index (χ0n) is 33.1. The number of rotatable bonds is 26. The number of hydrogen-bond donors (Lipinski definition) is 0. The van der Waals surface area contributed by atoms with Crippen molar-refractivity contribution in [2.75, 3.05) is 120 Å². The molecule has 58 heavy (non-hydrogen) atoms. The van der Waals surface area contributed by atoms with Gasteiger partial charge in [-0.3, -0.25) is 29.0 Å². The zero-order chi connectivity index (χ0) is 40.4. The van der Waals surface area contributed by atoms with Crippen LogP contribution in [0.5, 0.6) is 0 Å². The maximum absolute atomic E-state index is 13.9. The number of carbonyl (C=O) groups is 4. The molecule has 0 radical (unpaired) electrons. The lowest BCUT2D eigenvalue weighted by atomic mass is 9.82. The van der Waals surface area contributed by atoms with Crippen LogP contribution < -0.4 is 0 Å². The molecule has 2 aliphatic rings. The number of fused-ring (bicyclic) bond motifs is 2. The number of imide groups is 2. The van der Waals surface area contributed by atoms with Gasteiger partial charge in [-0.05, 0) is 69.4 Å². The molecular formula is C44H50N2O12. The second kappa shape index (κ2) is 19.9. The number of carbonyl (C=O) groups excluding carboxylic acids is 4. The molecule has 4 amide bonds. The molecule has 0 N–H and O–H groups in total. The van der Waals surface area contributed by atoms with Gasteiger partial charge < -0.3 is 37.9 Å². The molecule has 2 heterocycles. The van der Waals surface area contributed by atoms with Crippen molar-refractivity contribution >= 4 is 66.7 Å². The molecule has 0 saturated heterocycles. The standard InChI is InChI=1S/C44H50N2O12/c1-51-17-19-55-25-27-57-23-21-53-15-3-13-45-41(47)33-9-5-29-31-7-11-35-40-36(12-8-32(38(31)40)30-6-10-34(42(45)48)39(33)37(29)30)44(50)46(43(35)49)14-4-16-54-22-24-58-28-26-56-20-18-52-2/h5-12H,3-4,13-28H2,1-2H3. The van der Waals surface area contributed by atoms with Crippen molar-refractivity contribution in [1.82, 2.24) is 9.80 Å². The van der Waals surface area contributed by atoms with Gasteiger partial charge in [0.25, 0.3) is 23.6 Å². The topological polar surface area (TPSA) is 149 Å². The van der Waals surface area contributed by atoms with E-state index in [1.807, 2.05) is 24.3 Å². The lowest BCUT2D eigenvalue weighted by molar-refractivity contribution is 0.00278. The third-order valence-electron chi connectivity index (χ3n) is 10.5. The van der Waals surface area contributed by atoms with Gasteiger partial charge in [0.1, 0.15) is 0 Å². The van der Waals surface area contributed by atoms with Gasteiger partial charge in [-0.25, -0.2) is 0 Å². The van der Waals surface area contributed by atoms with E-state index in [-0.39, 0.29) is 36.7 Å². The highest BCUT2D eigenvalue weighted by Gasteiger charge is 2.36. The molecule has 0 aromatic heterocycles. The average molecular weight is 799 g/mol. The van der Waals surface area contributed by atoms with E-state index in [1.54, 1.807) is 38.5 Å². The quantitative estimate of drug-likeness (QED) is 0.0317. The van der Waals surface area contributed by atoms with Crippen LogP contribution in [0.25, 0.3) is 43.1 Å². The first-order valence-electron chi connectivity index (χ1n) is 19.8. The van der Waals surface area contributed by atoms with Crippen molar-refractivity contribution < 1.29 is 57.1 Å². The maximum atomic E-state index is 13.9. The van der Waals surface area contributed by atoms with Gasteiger partial charge in [0.05, 0.1) is 79.3 Å². The minimum Gasteiger partial charge on any atom is -0.382 e. The largest absolute Gasteiger partial charge is 0.382 e. The van der Waals surface area contributed by atoms with E-state index in [0.29, 0.717) is 138 Å². The van der Waals surface area contributed by atoms with Gasteiger partial charge in [-0.15, -0.1) is 0 Å². The van der Waals surface area contributed by atoms with E-state index in [2.05, 4.69) is 0 Å². The Balaban J connectivity index is 1.00. The molecule has 5 aromatic carbocycles. The second-order valence-electron chi connectivity index (χ2n) is 14.0. The maximum Gasteiger partial charge on any atom is 0.261 e. The van der Waals surface area contributed by atoms with E-state index < -0.39 is 0 Å². The van der Waals surface area contributed by atoms with Crippen LogP contribution in [0.15, 0.2) is 48.5 Å². The van der Waals surface area contributed by atoms with Gasteiger partial charge >= 0.3 is 0 Å². The molecule has 14 nitrogen and oxygen atoms in total. The molecule has 308 valence electrons. The smallest absolute Gasteiger partial charge is 0.261 e. The normalized spacial score (nSPS) is 14.2. The Morgan fingerprint density at radius 2 is 0.603 bits per heavy atom. The third kappa shape index (κ3) is 8.56. The fraction of sp³-hybridized carbons (Fsp3) is 0.455. The highest BCUT2D eigenvalue weighted by atomic mass is 16.6. The Morgan fingerprint density at radius 1 is 0.345 bits per heavy atom. The Morgan fingerprint density at radius 3 is 0.879 bits per heavy atom. The van der Waals surface area contributed by atoms with E-state index in [9.17, 15) is 19.2 Å². The Labute approximate surface area is 336 Å². The summed E-state index contributed by atoms with van der Waals surface area (Å²) in [6.07, 6.45) is 0.967. The van der Waals surface area contributed by atoms with Crippen LogP contribution in [0.1, 0.15) is 54.3 Å². The van der Waals surface area contributed by atoms with Gasteiger partial charge in [0, 0.05) is 73.5 Å². The summed E-state index contributed by atoms with van der Waals surface area (Å²) in [4.78, 5) is 58.1. The molecule has 7 rings (SSSR count). The monoisotopic (exact) mass is 798 g/mol. The SMILES string of the molecule is COCCOCCOCCOCCCN1C(=O)c2ccc3c4ccc5c6c(ccc(c7ccc(c2c37)C1=O)c64)C(=O)N(CCCOCCOCCOCCOC)C5=O. The number of amides is 4. The molecular weight excluding hydrogens is 748 g/mol. The van der Waals surface area contributed by atoms with Gasteiger partial charge in [-0.2, -0.15) is 0 Å². The van der Waals surface area contributed by atoms with Crippen LogP contribution in [0.4, 0.5) is 0 Å². The number of methoxy groups -OCH3 is 2. The highest BCUT2D eigenvalue weighted by Crippen LogP contribution is 2.46. The first kappa shape index (κ1) is 41.5. The van der Waals surface area contributed by atoms with Crippen LogP contribution in [-0.2, 0) is 37.9 Å². The molecule has 0 aliphatic carbocycles. The predicted octanol–water partition coefficient (Wildman–Crippen LogP) is 5.10. The minimum atomic E-state index is -0.344. The van der Waals surface area contributed by atoms with Crippen molar-refractivity contribution in [3.8, 4) is 0 Å². The summed E-state index contributed by atoms with van der Waals surface area (Å²) >= 11 is 0. The van der Waals surface area contributed by atoms with Crippen molar-refractivity contribution in [3.63, 3.8) is 0 Å². The summed E-state index contributed by atoms with van der Waals surface area (Å²) in [5.74, 6) is -1.38. The Bertz CT molecular complexity index is 1980. The summed E-state index contributed by atoms with van der Waals surface area (Å²) < 4.78 is 43.0. The number of nitrogens with zero attached hydrogens (tertiary/aromatic N) is 2. The fourth-order valence-electron chi connectivity index (χ4n) is 7.79. The Hall–Kier alpha value is -4.64. The fourth-order valence-corrected chi connectivity index (χ4v) is 7.79. The number of ether oxygens (including phenoxy) is 8. The lowest BCUT2D eigenvalue weighted by Gasteiger charge is -2.30. The molecule has 0 fully saturated rings. The van der Waals surface area contributed by atoms with Crippen molar-refractivity contribution in [2.24, 2.45) is 0 Å². The van der Waals surface area contributed by atoms with Gasteiger partial charge in [-0.1, -0.05) is 24.3 Å². The van der Waals surface area contributed by atoms with Crippen molar-refractivity contribution in [2.45, 2.75) is 12.8 Å². The number of benzene rings is 5. The van der Waals surface area contributed by atoms with Gasteiger partial charge in [0.2, 0.25) is 0 Å². The molecule has 5 aromatic rings. The first-order chi connectivity index (χ1) is 28.5. The second-order valence-corrected chi connectivity index (χ2v) is 14.0. The molecule has 2 aliphatic heterocycles. The van der Waals surface area contributed by atoms with E-state index >= 15 is 0 Å². The summed E-state index contributed by atoms with van der Waals surface area (Å²) in [6.45, 7) is 6.82. The number of hydrogen-bond acceptors (Lipinski definition) is 12. The van der Waals surface area contributed by atoms with Crippen LogP contribution in [0, 0.1) is 0 Å². The molecule has 14 heteroatoms. The minimum absolute atomic E-state index is 0.220. The third-order valence-corrected chi connectivity index (χ3v) is 10.5. The van der Waals surface area contributed by atoms with Crippen LogP contribution in [-0.4, -0.2) is 153 Å². The van der Waals surface area contributed by atoms with Crippen molar-refractivity contribution in [3.05, 3.63) is 70.8 Å². The zero-order valence-corrected chi connectivity index (χ0v) is 33.1. The molecule has 0 spiro atoms. The molecule has 0 bridgehead atoms. The summed E-state index contributed by atoms with van der Waals surface area (Å²) in [6, 6.07) is 14.8. The van der Waals surface area contributed by atoms with E-state index in [0.717, 1.165) is 32.3 Å². The summed E-state index contributed by atoms with van der Waals surface area (Å²) in [7, 11) is 3.25.